The molecule has 1 rings (SSSR count). The average molecular weight is 321 g/mol. The van der Waals surface area contributed by atoms with Gasteiger partial charge in [-0.25, -0.2) is 0 Å². The van der Waals surface area contributed by atoms with Crippen LogP contribution in [0.2, 0.25) is 0 Å². The fourth-order valence-corrected chi connectivity index (χ4v) is 2.05. The third-order valence-corrected chi connectivity index (χ3v) is 3.31. The number of rotatable bonds is 12. The summed E-state index contributed by atoms with van der Waals surface area (Å²) >= 11 is 0. The van der Waals surface area contributed by atoms with Crippen LogP contribution in [0.5, 0.6) is 0 Å². The van der Waals surface area contributed by atoms with E-state index in [9.17, 15) is 0 Å². The molecule has 0 saturated carbocycles. The third kappa shape index (κ3) is 10.7. The highest BCUT2D eigenvalue weighted by Crippen LogP contribution is 2.01. The molecule has 0 saturated heterocycles. The second-order valence-electron chi connectivity index (χ2n) is 5.22. The molecule has 23 heavy (non-hydrogen) atoms. The number of unbranched alkanes of at least 4 members (excludes halogenated alkanes) is 1. The first-order chi connectivity index (χ1) is 11.4. The van der Waals surface area contributed by atoms with E-state index in [1.54, 1.807) is 7.05 Å². The zero-order valence-corrected chi connectivity index (χ0v) is 14.5. The van der Waals surface area contributed by atoms with Gasteiger partial charge in [-0.15, -0.1) is 0 Å². The van der Waals surface area contributed by atoms with Crippen LogP contribution in [0.3, 0.4) is 0 Å². The summed E-state index contributed by atoms with van der Waals surface area (Å²) in [6.07, 6.45) is 3.09. The number of benzene rings is 1. The molecule has 5 nitrogen and oxygen atoms in total. The fourth-order valence-electron chi connectivity index (χ4n) is 2.05. The van der Waals surface area contributed by atoms with Gasteiger partial charge >= 0.3 is 0 Å². The molecule has 130 valence electrons. The Morgan fingerprint density at radius 2 is 1.65 bits per heavy atom. The van der Waals surface area contributed by atoms with Gasteiger partial charge in [0, 0.05) is 40.0 Å². The first-order valence-corrected chi connectivity index (χ1v) is 8.50. The van der Waals surface area contributed by atoms with Gasteiger partial charge in [-0.2, -0.15) is 0 Å². The Morgan fingerprint density at radius 3 is 2.35 bits per heavy atom. The highest BCUT2D eigenvalue weighted by Gasteiger charge is 1.97. The maximum absolute atomic E-state index is 5.67. The van der Waals surface area contributed by atoms with Crippen molar-refractivity contribution < 1.29 is 9.47 Å². The SMILES string of the molecule is CCOCCCNC(=NC)NCCCCOCc1ccccc1. The van der Waals surface area contributed by atoms with E-state index in [0.717, 1.165) is 58.1 Å². The lowest BCUT2D eigenvalue weighted by Gasteiger charge is -2.11. The van der Waals surface area contributed by atoms with E-state index < -0.39 is 0 Å². The Labute approximate surface area is 140 Å². The van der Waals surface area contributed by atoms with Crippen molar-refractivity contribution in [3.8, 4) is 0 Å². The van der Waals surface area contributed by atoms with Crippen LogP contribution in [0.1, 0.15) is 31.7 Å². The quantitative estimate of drug-likeness (QED) is 0.353. The third-order valence-electron chi connectivity index (χ3n) is 3.31. The minimum atomic E-state index is 0.692. The molecule has 0 unspecified atom stereocenters. The lowest BCUT2D eigenvalue weighted by Crippen LogP contribution is -2.38. The molecule has 0 aromatic heterocycles. The Morgan fingerprint density at radius 1 is 0.957 bits per heavy atom. The van der Waals surface area contributed by atoms with E-state index in [2.05, 4.69) is 27.8 Å². The second-order valence-corrected chi connectivity index (χ2v) is 5.22. The van der Waals surface area contributed by atoms with Crippen LogP contribution in [0, 0.1) is 0 Å². The van der Waals surface area contributed by atoms with Crippen LogP contribution in [0.15, 0.2) is 35.3 Å². The molecule has 1 aromatic rings. The van der Waals surface area contributed by atoms with E-state index >= 15 is 0 Å². The second kappa shape index (κ2) is 14.0. The molecule has 1 aromatic carbocycles. The van der Waals surface area contributed by atoms with Gasteiger partial charge in [-0.05, 0) is 31.7 Å². The minimum absolute atomic E-state index is 0.692. The van der Waals surface area contributed by atoms with E-state index in [-0.39, 0.29) is 0 Å². The van der Waals surface area contributed by atoms with Crippen molar-refractivity contribution in [3.63, 3.8) is 0 Å². The van der Waals surface area contributed by atoms with Gasteiger partial charge in [-0.1, -0.05) is 30.3 Å². The summed E-state index contributed by atoms with van der Waals surface area (Å²) in [4.78, 5) is 4.20. The van der Waals surface area contributed by atoms with E-state index in [1.165, 1.54) is 5.56 Å². The zero-order valence-electron chi connectivity index (χ0n) is 14.5. The zero-order chi connectivity index (χ0) is 16.6. The number of nitrogens with one attached hydrogen (secondary N) is 2. The molecule has 0 spiro atoms. The van der Waals surface area contributed by atoms with E-state index in [1.807, 2.05) is 25.1 Å². The predicted molar refractivity (Wildman–Crippen MR) is 95.8 cm³/mol. The van der Waals surface area contributed by atoms with Crippen LogP contribution in [0.4, 0.5) is 0 Å². The van der Waals surface area contributed by atoms with Crippen molar-refractivity contribution in [2.75, 3.05) is 40.0 Å². The average Bonchev–Trinajstić information content (AvgIpc) is 2.59. The molecule has 0 aliphatic heterocycles. The molecule has 0 bridgehead atoms. The van der Waals surface area contributed by atoms with Crippen molar-refractivity contribution in [1.82, 2.24) is 10.6 Å². The summed E-state index contributed by atoms with van der Waals surface area (Å²) in [7, 11) is 1.79. The Kier molecular flexibility index (Phi) is 11.9. The van der Waals surface area contributed by atoms with Gasteiger partial charge in [0.25, 0.3) is 0 Å². The van der Waals surface area contributed by atoms with Crippen LogP contribution < -0.4 is 10.6 Å². The highest BCUT2D eigenvalue weighted by atomic mass is 16.5. The van der Waals surface area contributed by atoms with Crippen molar-refractivity contribution in [2.45, 2.75) is 32.8 Å². The number of guanidine groups is 1. The summed E-state index contributed by atoms with van der Waals surface area (Å²) < 4.78 is 11.0. The monoisotopic (exact) mass is 321 g/mol. The fraction of sp³-hybridized carbons (Fsp3) is 0.611. The van der Waals surface area contributed by atoms with Gasteiger partial charge < -0.3 is 20.1 Å². The molecule has 5 heteroatoms. The van der Waals surface area contributed by atoms with Crippen LogP contribution in [0.25, 0.3) is 0 Å². The molecule has 0 radical (unpaired) electrons. The topological polar surface area (TPSA) is 54.9 Å². The standard InChI is InChI=1S/C18H31N3O2/c1-3-22-15-9-13-21-18(19-2)20-12-7-8-14-23-16-17-10-5-4-6-11-17/h4-6,10-11H,3,7-9,12-16H2,1-2H3,(H2,19,20,21). The van der Waals surface area contributed by atoms with Crippen molar-refractivity contribution in [3.05, 3.63) is 35.9 Å². The Balaban J connectivity index is 1.94. The summed E-state index contributed by atoms with van der Waals surface area (Å²) in [6, 6.07) is 10.3. The maximum Gasteiger partial charge on any atom is 0.190 e. The van der Waals surface area contributed by atoms with Gasteiger partial charge in [0.05, 0.1) is 6.61 Å². The van der Waals surface area contributed by atoms with Crippen LogP contribution in [-0.4, -0.2) is 45.9 Å². The Hall–Kier alpha value is -1.59. The lowest BCUT2D eigenvalue weighted by molar-refractivity contribution is 0.117. The molecular formula is C18H31N3O2. The molecule has 0 amide bonds. The smallest absolute Gasteiger partial charge is 0.190 e. The van der Waals surface area contributed by atoms with E-state index in [0.29, 0.717) is 6.61 Å². The maximum atomic E-state index is 5.67. The first-order valence-electron chi connectivity index (χ1n) is 8.50. The molecule has 0 aliphatic carbocycles. The predicted octanol–water partition coefficient (Wildman–Crippen LogP) is 2.58. The largest absolute Gasteiger partial charge is 0.382 e. The number of nitrogens with zero attached hydrogens (tertiary/aromatic N) is 1. The number of hydrogen-bond acceptors (Lipinski definition) is 3. The molecular weight excluding hydrogens is 290 g/mol. The van der Waals surface area contributed by atoms with Crippen LogP contribution >= 0.6 is 0 Å². The van der Waals surface area contributed by atoms with E-state index in [4.69, 9.17) is 9.47 Å². The summed E-state index contributed by atoms with van der Waals surface area (Å²) in [5.41, 5.74) is 1.22. The minimum Gasteiger partial charge on any atom is -0.382 e. The molecule has 0 aliphatic rings. The molecule has 0 fully saturated rings. The van der Waals surface area contributed by atoms with Gasteiger partial charge in [0.15, 0.2) is 5.96 Å². The highest BCUT2D eigenvalue weighted by molar-refractivity contribution is 5.79. The molecule has 0 atom stereocenters. The number of aliphatic imine (C=N–C) groups is 1. The summed E-state index contributed by atoms with van der Waals surface area (Å²) in [5, 5.41) is 6.59. The summed E-state index contributed by atoms with van der Waals surface area (Å²) in [6.45, 7) is 6.84. The van der Waals surface area contributed by atoms with Gasteiger partial charge in [0.2, 0.25) is 0 Å². The van der Waals surface area contributed by atoms with Gasteiger partial charge in [-0.3, -0.25) is 4.99 Å². The summed E-state index contributed by atoms with van der Waals surface area (Å²) in [5.74, 6) is 0.853. The molecule has 2 N–H and O–H groups in total. The van der Waals surface area contributed by atoms with Crippen molar-refractivity contribution in [2.24, 2.45) is 4.99 Å². The first kappa shape index (κ1) is 19.5. The number of ether oxygens (including phenoxy) is 2. The van der Waals surface area contributed by atoms with Gasteiger partial charge in [0.1, 0.15) is 0 Å². The molecule has 0 heterocycles. The Bertz CT molecular complexity index is 410. The van der Waals surface area contributed by atoms with Crippen LogP contribution in [-0.2, 0) is 16.1 Å². The van der Waals surface area contributed by atoms with Crippen molar-refractivity contribution >= 4 is 5.96 Å². The normalized spacial score (nSPS) is 11.5. The lowest BCUT2D eigenvalue weighted by atomic mass is 10.2. The van der Waals surface area contributed by atoms with Crippen molar-refractivity contribution in [1.29, 1.82) is 0 Å². The number of hydrogen-bond donors (Lipinski definition) is 2.